The molecule has 0 spiro atoms. The molecule has 0 radical (unpaired) electrons. The molecule has 7 heteroatoms. The van der Waals surface area contributed by atoms with Crippen LogP contribution >= 0.6 is 11.6 Å². The van der Waals surface area contributed by atoms with Crippen molar-refractivity contribution >= 4 is 23.5 Å². The molecule has 24 heavy (non-hydrogen) atoms. The first-order valence-corrected chi connectivity index (χ1v) is 8.46. The first kappa shape index (κ1) is 18.3. The largest absolute Gasteiger partial charge is 0.444 e. The van der Waals surface area contributed by atoms with Gasteiger partial charge >= 0.3 is 6.09 Å². The van der Waals surface area contributed by atoms with Crippen molar-refractivity contribution in [3.63, 3.8) is 0 Å². The summed E-state index contributed by atoms with van der Waals surface area (Å²) < 4.78 is 5.28. The number of hydrogen-bond donors (Lipinski definition) is 2. The number of carbonyl (C=O) groups excluding carboxylic acids is 1. The maximum atomic E-state index is 11.8. The maximum Gasteiger partial charge on any atom is 0.407 e. The Balaban J connectivity index is 1.81. The number of nitrogens with zero attached hydrogens (tertiary/aromatic N) is 2. The van der Waals surface area contributed by atoms with Gasteiger partial charge in [0.2, 0.25) is 0 Å². The monoisotopic (exact) mass is 350 g/mol. The SMILES string of the molecule is CC(C)(C)OC(=O)NC1CCC(Nc2ncc(C#N)cc2Cl)CC1. The van der Waals surface area contributed by atoms with Gasteiger partial charge in [0.15, 0.2) is 0 Å². The van der Waals surface area contributed by atoms with Gasteiger partial charge in [0, 0.05) is 18.3 Å². The molecule has 130 valence electrons. The predicted molar refractivity (Wildman–Crippen MR) is 93.0 cm³/mol. The molecule has 0 atom stereocenters. The molecule has 0 aromatic carbocycles. The number of amides is 1. The van der Waals surface area contributed by atoms with Crippen LogP contribution in [-0.2, 0) is 4.74 Å². The van der Waals surface area contributed by atoms with Crippen molar-refractivity contribution in [1.29, 1.82) is 5.26 Å². The number of aromatic nitrogens is 1. The zero-order valence-electron chi connectivity index (χ0n) is 14.2. The molecule has 1 aliphatic carbocycles. The Kier molecular flexibility index (Phi) is 5.89. The highest BCUT2D eigenvalue weighted by Gasteiger charge is 2.25. The molecule has 6 nitrogen and oxygen atoms in total. The summed E-state index contributed by atoms with van der Waals surface area (Å²) >= 11 is 6.14. The quantitative estimate of drug-likeness (QED) is 0.864. The summed E-state index contributed by atoms with van der Waals surface area (Å²) in [6.07, 6.45) is 4.67. The summed E-state index contributed by atoms with van der Waals surface area (Å²) in [6.45, 7) is 5.55. The number of rotatable bonds is 3. The number of halogens is 1. The van der Waals surface area contributed by atoms with E-state index in [2.05, 4.69) is 15.6 Å². The predicted octanol–water partition coefficient (Wildman–Crippen LogP) is 3.85. The number of anilines is 1. The highest BCUT2D eigenvalue weighted by atomic mass is 35.5. The summed E-state index contributed by atoms with van der Waals surface area (Å²) in [4.78, 5) is 16.0. The van der Waals surface area contributed by atoms with Crippen molar-refractivity contribution in [1.82, 2.24) is 10.3 Å². The summed E-state index contributed by atoms with van der Waals surface area (Å²) in [7, 11) is 0. The molecule has 2 N–H and O–H groups in total. The van der Waals surface area contributed by atoms with E-state index in [-0.39, 0.29) is 18.2 Å². The summed E-state index contributed by atoms with van der Waals surface area (Å²) in [5, 5.41) is 15.5. The van der Waals surface area contributed by atoms with Crippen LogP contribution in [0.3, 0.4) is 0 Å². The highest BCUT2D eigenvalue weighted by molar-refractivity contribution is 6.33. The third-order valence-electron chi connectivity index (χ3n) is 3.76. The van der Waals surface area contributed by atoms with Crippen LogP contribution < -0.4 is 10.6 Å². The summed E-state index contributed by atoms with van der Waals surface area (Å²) in [5.41, 5.74) is -0.0447. The Bertz CT molecular complexity index is 628. The van der Waals surface area contributed by atoms with Gasteiger partial charge < -0.3 is 15.4 Å². The minimum Gasteiger partial charge on any atom is -0.444 e. The first-order chi connectivity index (χ1) is 11.3. The van der Waals surface area contributed by atoms with E-state index in [9.17, 15) is 4.79 Å². The van der Waals surface area contributed by atoms with Crippen LogP contribution in [0.2, 0.25) is 5.02 Å². The Morgan fingerprint density at radius 1 is 1.33 bits per heavy atom. The molecule has 1 aliphatic rings. The average Bonchev–Trinajstić information content (AvgIpc) is 2.49. The maximum absolute atomic E-state index is 11.8. The topological polar surface area (TPSA) is 87.0 Å². The summed E-state index contributed by atoms with van der Waals surface area (Å²) in [5.74, 6) is 0.596. The lowest BCUT2D eigenvalue weighted by Crippen LogP contribution is -2.42. The fourth-order valence-corrected chi connectivity index (χ4v) is 2.88. The van der Waals surface area contributed by atoms with Crippen LogP contribution in [0.5, 0.6) is 0 Å². The fraction of sp³-hybridized carbons (Fsp3) is 0.588. The van der Waals surface area contributed by atoms with Crippen LogP contribution in [0.4, 0.5) is 10.6 Å². The van der Waals surface area contributed by atoms with Crippen LogP contribution in [0.25, 0.3) is 0 Å². The van der Waals surface area contributed by atoms with Gasteiger partial charge in [0.1, 0.15) is 17.5 Å². The lowest BCUT2D eigenvalue weighted by molar-refractivity contribution is 0.0492. The number of alkyl carbamates (subject to hydrolysis) is 1. The van der Waals surface area contributed by atoms with Crippen molar-refractivity contribution in [3.8, 4) is 6.07 Å². The fourth-order valence-electron chi connectivity index (χ4n) is 2.65. The molecule has 0 unspecified atom stereocenters. The Labute approximate surface area is 147 Å². The number of pyridine rings is 1. The third kappa shape index (κ3) is 5.57. The second-order valence-electron chi connectivity index (χ2n) is 7.01. The first-order valence-electron chi connectivity index (χ1n) is 8.08. The van der Waals surface area contributed by atoms with Crippen molar-refractivity contribution < 1.29 is 9.53 Å². The number of hydrogen-bond acceptors (Lipinski definition) is 5. The van der Waals surface area contributed by atoms with Crippen LogP contribution in [0.15, 0.2) is 12.3 Å². The van der Waals surface area contributed by atoms with Crippen LogP contribution in [0.1, 0.15) is 52.0 Å². The number of nitrogens with one attached hydrogen (secondary N) is 2. The van der Waals surface area contributed by atoms with Crippen molar-refractivity contribution in [2.45, 2.75) is 64.1 Å². The molecule has 2 rings (SSSR count). The zero-order chi connectivity index (χ0) is 17.7. The molecule has 1 saturated carbocycles. The van der Waals surface area contributed by atoms with E-state index in [4.69, 9.17) is 21.6 Å². The van der Waals surface area contributed by atoms with E-state index in [1.807, 2.05) is 26.8 Å². The molecule has 1 aromatic heterocycles. The Morgan fingerprint density at radius 3 is 2.50 bits per heavy atom. The van der Waals surface area contributed by atoms with Gasteiger partial charge in [-0.15, -0.1) is 0 Å². The Hall–Kier alpha value is -2.00. The van der Waals surface area contributed by atoms with Crippen molar-refractivity contribution in [2.24, 2.45) is 0 Å². The molecule has 1 aromatic rings. The molecule has 1 heterocycles. The van der Waals surface area contributed by atoms with E-state index in [1.54, 1.807) is 6.07 Å². The molecular formula is C17H23ClN4O2. The van der Waals surface area contributed by atoms with E-state index in [0.717, 1.165) is 25.7 Å². The molecule has 0 saturated heterocycles. The molecule has 0 aliphatic heterocycles. The molecule has 0 bridgehead atoms. The third-order valence-corrected chi connectivity index (χ3v) is 4.05. The van der Waals surface area contributed by atoms with Crippen molar-refractivity contribution in [3.05, 3.63) is 22.8 Å². The van der Waals surface area contributed by atoms with E-state index >= 15 is 0 Å². The minimum absolute atomic E-state index is 0.127. The van der Waals surface area contributed by atoms with Gasteiger partial charge in [0.25, 0.3) is 0 Å². The lowest BCUT2D eigenvalue weighted by atomic mass is 9.91. The second kappa shape index (κ2) is 7.71. The van der Waals surface area contributed by atoms with Gasteiger partial charge in [-0.05, 0) is 52.5 Å². The molecular weight excluding hydrogens is 328 g/mol. The van der Waals surface area contributed by atoms with Gasteiger partial charge in [-0.1, -0.05) is 11.6 Å². The summed E-state index contributed by atoms with van der Waals surface area (Å²) in [6, 6.07) is 3.99. The van der Waals surface area contributed by atoms with Gasteiger partial charge in [-0.25, -0.2) is 9.78 Å². The van der Waals surface area contributed by atoms with Crippen molar-refractivity contribution in [2.75, 3.05) is 5.32 Å². The van der Waals surface area contributed by atoms with E-state index in [0.29, 0.717) is 16.4 Å². The normalized spacial score (nSPS) is 20.8. The highest BCUT2D eigenvalue weighted by Crippen LogP contribution is 2.26. The number of carbonyl (C=O) groups is 1. The zero-order valence-corrected chi connectivity index (χ0v) is 15.0. The molecule has 1 amide bonds. The van der Waals surface area contributed by atoms with E-state index < -0.39 is 5.60 Å². The van der Waals surface area contributed by atoms with Crippen LogP contribution in [0, 0.1) is 11.3 Å². The van der Waals surface area contributed by atoms with Gasteiger partial charge in [-0.2, -0.15) is 5.26 Å². The van der Waals surface area contributed by atoms with Gasteiger partial charge in [-0.3, -0.25) is 0 Å². The van der Waals surface area contributed by atoms with Crippen LogP contribution in [-0.4, -0.2) is 28.8 Å². The lowest BCUT2D eigenvalue weighted by Gasteiger charge is -2.30. The minimum atomic E-state index is -0.485. The average molecular weight is 351 g/mol. The second-order valence-corrected chi connectivity index (χ2v) is 7.41. The smallest absolute Gasteiger partial charge is 0.407 e. The Morgan fingerprint density at radius 2 is 1.96 bits per heavy atom. The van der Waals surface area contributed by atoms with E-state index in [1.165, 1.54) is 6.20 Å². The van der Waals surface area contributed by atoms with Gasteiger partial charge in [0.05, 0.1) is 10.6 Å². The number of ether oxygens (including phenoxy) is 1. The number of nitriles is 1. The molecule has 1 fully saturated rings. The standard InChI is InChI=1S/C17H23ClN4O2/c1-17(2,3)24-16(23)22-13-6-4-12(5-7-13)21-15-14(18)8-11(9-19)10-20-15/h8,10,12-13H,4-7H2,1-3H3,(H,20,21)(H,22,23).